The first-order valence-corrected chi connectivity index (χ1v) is 8.66. The van der Waals surface area contributed by atoms with Gasteiger partial charge in [-0.1, -0.05) is 24.3 Å². The van der Waals surface area contributed by atoms with Gasteiger partial charge in [-0.3, -0.25) is 4.79 Å². The molecule has 132 valence electrons. The molecule has 3 aromatic rings. The molecule has 0 bridgehead atoms. The SMILES string of the molecule is Cc1nc(-c2ccc(NC(=O)[C@H]3OCCc4ccccc43)cc2)oc1C. The van der Waals surface area contributed by atoms with Crippen LogP contribution in [0.4, 0.5) is 5.69 Å². The van der Waals surface area contributed by atoms with E-state index in [-0.39, 0.29) is 5.91 Å². The number of oxazole rings is 1. The Morgan fingerprint density at radius 1 is 1.12 bits per heavy atom. The van der Waals surface area contributed by atoms with Crippen LogP contribution in [0.15, 0.2) is 52.9 Å². The van der Waals surface area contributed by atoms with Gasteiger partial charge in [0.2, 0.25) is 5.89 Å². The third-order valence-electron chi connectivity index (χ3n) is 4.66. The molecule has 0 spiro atoms. The van der Waals surface area contributed by atoms with Crippen molar-refractivity contribution >= 4 is 11.6 Å². The Balaban J connectivity index is 1.50. The van der Waals surface area contributed by atoms with Crippen molar-refractivity contribution in [2.45, 2.75) is 26.4 Å². The molecule has 4 rings (SSSR count). The van der Waals surface area contributed by atoms with Gasteiger partial charge in [0.15, 0.2) is 6.10 Å². The highest BCUT2D eigenvalue weighted by atomic mass is 16.5. The van der Waals surface area contributed by atoms with E-state index in [1.165, 1.54) is 5.56 Å². The van der Waals surface area contributed by atoms with Gasteiger partial charge in [0.05, 0.1) is 12.3 Å². The number of nitrogens with zero attached hydrogens (tertiary/aromatic N) is 1. The first-order valence-electron chi connectivity index (χ1n) is 8.66. The molecule has 26 heavy (non-hydrogen) atoms. The van der Waals surface area contributed by atoms with Gasteiger partial charge in [-0.2, -0.15) is 0 Å². The summed E-state index contributed by atoms with van der Waals surface area (Å²) in [4.78, 5) is 17.1. The van der Waals surface area contributed by atoms with Crippen LogP contribution in [0.3, 0.4) is 0 Å². The van der Waals surface area contributed by atoms with E-state index in [4.69, 9.17) is 9.15 Å². The fraction of sp³-hybridized carbons (Fsp3) is 0.238. The number of rotatable bonds is 3. The Morgan fingerprint density at radius 3 is 2.62 bits per heavy atom. The average Bonchev–Trinajstić information content (AvgIpc) is 3.00. The lowest BCUT2D eigenvalue weighted by Gasteiger charge is -2.25. The quantitative estimate of drug-likeness (QED) is 0.770. The Bertz CT molecular complexity index is 925. The van der Waals surface area contributed by atoms with Gasteiger partial charge < -0.3 is 14.5 Å². The number of nitrogens with one attached hydrogen (secondary N) is 1. The van der Waals surface area contributed by atoms with Crippen molar-refractivity contribution in [2.75, 3.05) is 11.9 Å². The maximum absolute atomic E-state index is 12.7. The number of hydrogen-bond acceptors (Lipinski definition) is 4. The minimum Gasteiger partial charge on any atom is -0.441 e. The molecule has 0 aliphatic carbocycles. The summed E-state index contributed by atoms with van der Waals surface area (Å²) in [5.41, 5.74) is 4.58. The summed E-state index contributed by atoms with van der Waals surface area (Å²) in [5, 5.41) is 2.93. The summed E-state index contributed by atoms with van der Waals surface area (Å²) in [6, 6.07) is 15.4. The van der Waals surface area contributed by atoms with E-state index in [1.54, 1.807) is 0 Å². The van der Waals surface area contributed by atoms with Gasteiger partial charge >= 0.3 is 0 Å². The molecule has 1 atom stereocenters. The maximum Gasteiger partial charge on any atom is 0.258 e. The van der Waals surface area contributed by atoms with Crippen LogP contribution in [-0.2, 0) is 16.0 Å². The van der Waals surface area contributed by atoms with Gasteiger partial charge in [0.1, 0.15) is 5.76 Å². The molecule has 0 saturated heterocycles. The number of aromatic nitrogens is 1. The van der Waals surface area contributed by atoms with Crippen LogP contribution >= 0.6 is 0 Å². The van der Waals surface area contributed by atoms with Gasteiger partial charge in [-0.25, -0.2) is 4.98 Å². The van der Waals surface area contributed by atoms with Gasteiger partial charge in [-0.05, 0) is 55.7 Å². The molecule has 0 unspecified atom stereocenters. The van der Waals surface area contributed by atoms with Crippen LogP contribution in [0.2, 0.25) is 0 Å². The molecule has 0 radical (unpaired) electrons. The molecule has 2 heterocycles. The molecular weight excluding hydrogens is 328 g/mol. The molecule has 5 nitrogen and oxygen atoms in total. The molecule has 0 fully saturated rings. The summed E-state index contributed by atoms with van der Waals surface area (Å²) in [5.74, 6) is 1.24. The number of amides is 1. The lowest BCUT2D eigenvalue weighted by atomic mass is 9.97. The molecule has 0 saturated carbocycles. The Hall–Kier alpha value is -2.92. The van der Waals surface area contributed by atoms with Gasteiger partial charge in [-0.15, -0.1) is 0 Å². The first kappa shape index (κ1) is 16.5. The first-order chi connectivity index (χ1) is 12.6. The van der Waals surface area contributed by atoms with E-state index in [0.717, 1.165) is 29.0 Å². The molecule has 5 heteroatoms. The predicted octanol–water partition coefficient (Wildman–Crippen LogP) is 4.21. The van der Waals surface area contributed by atoms with E-state index >= 15 is 0 Å². The topological polar surface area (TPSA) is 64.4 Å². The van der Waals surface area contributed by atoms with E-state index in [9.17, 15) is 4.79 Å². The zero-order valence-electron chi connectivity index (χ0n) is 14.8. The van der Waals surface area contributed by atoms with Crippen molar-refractivity contribution in [3.8, 4) is 11.5 Å². The van der Waals surface area contributed by atoms with Crippen molar-refractivity contribution in [1.82, 2.24) is 4.98 Å². The van der Waals surface area contributed by atoms with Crippen LogP contribution in [0.25, 0.3) is 11.5 Å². The summed E-state index contributed by atoms with van der Waals surface area (Å²) in [7, 11) is 0. The Kier molecular flexibility index (Phi) is 4.31. The Labute approximate surface area is 152 Å². The lowest BCUT2D eigenvalue weighted by molar-refractivity contribution is -0.128. The zero-order chi connectivity index (χ0) is 18.1. The number of fused-ring (bicyclic) bond motifs is 1. The number of anilines is 1. The van der Waals surface area contributed by atoms with E-state index in [1.807, 2.05) is 62.4 Å². The molecule has 1 aliphatic rings. The normalized spacial score (nSPS) is 16.2. The second-order valence-electron chi connectivity index (χ2n) is 6.43. The highest BCUT2D eigenvalue weighted by Gasteiger charge is 2.27. The fourth-order valence-electron chi connectivity index (χ4n) is 3.11. The van der Waals surface area contributed by atoms with Gasteiger partial charge in [0.25, 0.3) is 5.91 Å². The highest BCUT2D eigenvalue weighted by molar-refractivity contribution is 5.95. The van der Waals surface area contributed by atoms with Crippen molar-refractivity contribution in [1.29, 1.82) is 0 Å². The second kappa shape index (κ2) is 6.77. The summed E-state index contributed by atoms with van der Waals surface area (Å²) in [6.07, 6.45) is 0.264. The fourth-order valence-corrected chi connectivity index (χ4v) is 3.11. The average molecular weight is 348 g/mol. The van der Waals surface area contributed by atoms with E-state index < -0.39 is 6.10 Å². The van der Waals surface area contributed by atoms with Crippen LogP contribution in [0.1, 0.15) is 28.7 Å². The minimum absolute atomic E-state index is 0.160. The number of ether oxygens (including phenoxy) is 1. The minimum atomic E-state index is -0.573. The number of carbonyl (C=O) groups excluding carboxylic acids is 1. The highest BCUT2D eigenvalue weighted by Crippen LogP contribution is 2.29. The van der Waals surface area contributed by atoms with Crippen LogP contribution in [0.5, 0.6) is 0 Å². The second-order valence-corrected chi connectivity index (χ2v) is 6.43. The smallest absolute Gasteiger partial charge is 0.258 e. The standard InChI is InChI=1S/C21H20N2O3/c1-13-14(2)26-21(22-13)16-7-9-17(10-8-16)23-20(24)19-18-6-4-3-5-15(18)11-12-25-19/h3-10,19H,11-12H2,1-2H3,(H,23,24)/t19-/m0/s1. The maximum atomic E-state index is 12.7. The number of benzene rings is 2. The number of carbonyl (C=O) groups is 1. The summed E-state index contributed by atoms with van der Waals surface area (Å²) in [6.45, 7) is 4.36. The molecular formula is C21H20N2O3. The lowest BCUT2D eigenvalue weighted by Crippen LogP contribution is -2.28. The van der Waals surface area contributed by atoms with Crippen LogP contribution in [0, 0.1) is 13.8 Å². The predicted molar refractivity (Wildman–Crippen MR) is 98.9 cm³/mol. The largest absolute Gasteiger partial charge is 0.441 e. The summed E-state index contributed by atoms with van der Waals surface area (Å²) < 4.78 is 11.3. The molecule has 1 aromatic heterocycles. The van der Waals surface area contributed by atoms with Gasteiger partial charge in [0, 0.05) is 11.3 Å². The monoisotopic (exact) mass is 348 g/mol. The molecule has 2 aromatic carbocycles. The third-order valence-corrected chi connectivity index (χ3v) is 4.66. The van der Waals surface area contributed by atoms with E-state index in [2.05, 4.69) is 10.3 Å². The van der Waals surface area contributed by atoms with Crippen molar-refractivity contribution in [2.24, 2.45) is 0 Å². The third kappa shape index (κ3) is 3.13. The van der Waals surface area contributed by atoms with Crippen LogP contribution in [-0.4, -0.2) is 17.5 Å². The van der Waals surface area contributed by atoms with Crippen molar-refractivity contribution in [3.63, 3.8) is 0 Å². The van der Waals surface area contributed by atoms with E-state index in [0.29, 0.717) is 18.2 Å². The zero-order valence-corrected chi connectivity index (χ0v) is 14.8. The molecule has 1 N–H and O–H groups in total. The van der Waals surface area contributed by atoms with Crippen molar-refractivity contribution in [3.05, 3.63) is 71.1 Å². The number of hydrogen-bond donors (Lipinski definition) is 1. The molecule has 1 amide bonds. The molecule has 1 aliphatic heterocycles. The van der Waals surface area contributed by atoms with Crippen molar-refractivity contribution < 1.29 is 13.9 Å². The number of aryl methyl sites for hydroxylation is 2. The van der Waals surface area contributed by atoms with Crippen LogP contribution < -0.4 is 5.32 Å². The summed E-state index contributed by atoms with van der Waals surface area (Å²) >= 11 is 0. The Morgan fingerprint density at radius 2 is 1.88 bits per heavy atom.